The highest BCUT2D eigenvalue weighted by atomic mass is 35.5. The van der Waals surface area contributed by atoms with Crippen molar-refractivity contribution in [3.63, 3.8) is 0 Å². The van der Waals surface area contributed by atoms with Crippen LogP contribution in [0.1, 0.15) is 19.4 Å². The zero-order valence-electron chi connectivity index (χ0n) is 10.3. The van der Waals surface area contributed by atoms with Gasteiger partial charge in [0.25, 0.3) is 0 Å². The maximum Gasteiger partial charge on any atom is 0.137 e. The maximum atomic E-state index is 9.10. The molecule has 0 radical (unpaired) electrons. The van der Waals surface area contributed by atoms with Crippen molar-refractivity contribution < 1.29 is 9.84 Å². The molecule has 0 bridgehead atoms. The van der Waals surface area contributed by atoms with E-state index in [1.54, 1.807) is 7.11 Å². The average molecular weight is 280 g/mol. The average Bonchev–Trinajstić information content (AvgIpc) is 2.27. The molecule has 0 unspecified atom stereocenters. The lowest BCUT2D eigenvalue weighted by Gasteiger charge is -2.23. The van der Waals surface area contributed by atoms with E-state index in [9.17, 15) is 0 Å². The second kappa shape index (κ2) is 7.07. The lowest BCUT2D eigenvalue weighted by Crippen LogP contribution is -2.42. The van der Waals surface area contributed by atoms with E-state index in [1.807, 2.05) is 32.0 Å². The molecule has 2 N–H and O–H groups in total. The van der Waals surface area contributed by atoms with Crippen LogP contribution >= 0.6 is 24.0 Å². The van der Waals surface area contributed by atoms with Gasteiger partial charge < -0.3 is 15.2 Å². The van der Waals surface area contributed by atoms with Crippen LogP contribution in [0, 0.1) is 0 Å². The Balaban J connectivity index is 0.00000256. The van der Waals surface area contributed by atoms with Gasteiger partial charge in [-0.25, -0.2) is 0 Å². The standard InChI is InChI=1S/C12H18ClNO2.ClH/c1-12(2,8-15)14-7-9-4-5-11(16-3)10(13)6-9;/h4-6,14-15H,7-8H2,1-3H3;1H. The first-order chi connectivity index (χ1) is 7.48. The van der Waals surface area contributed by atoms with E-state index in [4.69, 9.17) is 21.4 Å². The van der Waals surface area contributed by atoms with Crippen LogP contribution in [-0.2, 0) is 6.54 Å². The summed E-state index contributed by atoms with van der Waals surface area (Å²) < 4.78 is 5.07. The SMILES string of the molecule is COc1ccc(CNC(C)(C)CO)cc1Cl.Cl. The summed E-state index contributed by atoms with van der Waals surface area (Å²) in [7, 11) is 1.59. The number of nitrogens with one attached hydrogen (secondary N) is 1. The van der Waals surface area contributed by atoms with Crippen molar-refractivity contribution in [3.8, 4) is 5.75 Å². The number of aliphatic hydroxyl groups is 1. The van der Waals surface area contributed by atoms with Crippen molar-refractivity contribution in [2.75, 3.05) is 13.7 Å². The number of hydrogen-bond acceptors (Lipinski definition) is 3. The summed E-state index contributed by atoms with van der Waals surface area (Å²) >= 11 is 6.01. The van der Waals surface area contributed by atoms with E-state index in [1.165, 1.54) is 0 Å². The third-order valence-corrected chi connectivity index (χ3v) is 2.68. The second-order valence-corrected chi connectivity index (χ2v) is 4.77. The number of rotatable bonds is 5. The fraction of sp³-hybridized carbons (Fsp3) is 0.500. The minimum atomic E-state index is -0.285. The predicted octanol–water partition coefficient (Wildman–Crippen LogP) is 2.63. The van der Waals surface area contributed by atoms with Gasteiger partial charge in [-0.3, -0.25) is 0 Å². The van der Waals surface area contributed by atoms with E-state index < -0.39 is 0 Å². The molecule has 1 aromatic rings. The van der Waals surface area contributed by atoms with Crippen molar-refractivity contribution in [2.24, 2.45) is 0 Å². The Hall–Kier alpha value is -0.480. The highest BCUT2D eigenvalue weighted by molar-refractivity contribution is 6.32. The number of benzene rings is 1. The highest BCUT2D eigenvalue weighted by Crippen LogP contribution is 2.24. The van der Waals surface area contributed by atoms with Gasteiger partial charge in [-0.1, -0.05) is 17.7 Å². The first-order valence-corrected chi connectivity index (χ1v) is 5.54. The van der Waals surface area contributed by atoms with Gasteiger partial charge in [-0.15, -0.1) is 12.4 Å². The second-order valence-electron chi connectivity index (χ2n) is 4.36. The van der Waals surface area contributed by atoms with Crippen LogP contribution in [-0.4, -0.2) is 24.4 Å². The van der Waals surface area contributed by atoms with Gasteiger partial charge >= 0.3 is 0 Å². The highest BCUT2D eigenvalue weighted by Gasteiger charge is 2.14. The third kappa shape index (κ3) is 5.13. The largest absolute Gasteiger partial charge is 0.495 e. The molecule has 0 amide bonds. The van der Waals surface area contributed by atoms with Crippen molar-refractivity contribution in [2.45, 2.75) is 25.9 Å². The molecule has 17 heavy (non-hydrogen) atoms. The van der Waals surface area contributed by atoms with Crippen molar-refractivity contribution in [3.05, 3.63) is 28.8 Å². The fourth-order valence-electron chi connectivity index (χ4n) is 1.22. The summed E-state index contributed by atoms with van der Waals surface area (Å²) in [5.74, 6) is 0.673. The normalized spacial score (nSPS) is 10.9. The summed E-state index contributed by atoms with van der Waals surface area (Å²) in [6, 6.07) is 5.65. The molecule has 98 valence electrons. The maximum absolute atomic E-state index is 9.10. The molecular weight excluding hydrogens is 261 g/mol. The van der Waals surface area contributed by atoms with Gasteiger partial charge in [0.2, 0.25) is 0 Å². The summed E-state index contributed by atoms with van der Waals surface area (Å²) in [6.07, 6.45) is 0. The Kier molecular flexibility index (Phi) is 6.87. The summed E-state index contributed by atoms with van der Waals surface area (Å²) in [5.41, 5.74) is 0.777. The quantitative estimate of drug-likeness (QED) is 0.871. The minimum absolute atomic E-state index is 0. The zero-order chi connectivity index (χ0) is 12.2. The van der Waals surface area contributed by atoms with Crippen LogP contribution in [0.3, 0.4) is 0 Å². The van der Waals surface area contributed by atoms with Crippen LogP contribution in [0.4, 0.5) is 0 Å². The molecule has 5 heteroatoms. The minimum Gasteiger partial charge on any atom is -0.495 e. The third-order valence-electron chi connectivity index (χ3n) is 2.38. The number of methoxy groups -OCH3 is 1. The van der Waals surface area contributed by atoms with Gasteiger partial charge in [-0.05, 0) is 31.5 Å². The smallest absolute Gasteiger partial charge is 0.137 e. The molecule has 0 aliphatic carbocycles. The van der Waals surface area contributed by atoms with E-state index in [-0.39, 0.29) is 24.6 Å². The topological polar surface area (TPSA) is 41.5 Å². The monoisotopic (exact) mass is 279 g/mol. The molecule has 0 saturated carbocycles. The fourth-order valence-corrected chi connectivity index (χ4v) is 1.50. The van der Waals surface area contributed by atoms with E-state index >= 15 is 0 Å². The van der Waals surface area contributed by atoms with Crippen LogP contribution in [0.25, 0.3) is 0 Å². The lowest BCUT2D eigenvalue weighted by molar-refractivity contribution is 0.187. The van der Waals surface area contributed by atoms with Crippen molar-refractivity contribution in [1.82, 2.24) is 5.32 Å². The molecule has 0 aromatic heterocycles. The Labute approximate surface area is 114 Å². The summed E-state index contributed by atoms with van der Waals surface area (Å²) in [6.45, 7) is 4.64. The molecule has 0 spiro atoms. The van der Waals surface area contributed by atoms with Gasteiger partial charge in [0.1, 0.15) is 5.75 Å². The van der Waals surface area contributed by atoms with Gasteiger partial charge in [-0.2, -0.15) is 0 Å². The number of hydrogen-bond donors (Lipinski definition) is 2. The molecule has 0 aliphatic heterocycles. The summed E-state index contributed by atoms with van der Waals surface area (Å²) in [4.78, 5) is 0. The Morgan fingerprint density at radius 2 is 2.06 bits per heavy atom. The van der Waals surface area contributed by atoms with E-state index in [2.05, 4.69) is 5.32 Å². The van der Waals surface area contributed by atoms with Crippen molar-refractivity contribution in [1.29, 1.82) is 0 Å². The van der Waals surface area contributed by atoms with Crippen LogP contribution < -0.4 is 10.1 Å². The van der Waals surface area contributed by atoms with Crippen LogP contribution in [0.15, 0.2) is 18.2 Å². The molecule has 1 aromatic carbocycles. The molecule has 1 rings (SSSR count). The van der Waals surface area contributed by atoms with Crippen LogP contribution in [0.5, 0.6) is 5.75 Å². The molecule has 0 fully saturated rings. The van der Waals surface area contributed by atoms with E-state index in [0.717, 1.165) is 5.56 Å². The molecular formula is C12H19Cl2NO2. The first kappa shape index (κ1) is 16.5. The van der Waals surface area contributed by atoms with Gasteiger partial charge in [0.15, 0.2) is 0 Å². The summed E-state index contributed by atoms with van der Waals surface area (Å²) in [5, 5.41) is 12.9. The van der Waals surface area contributed by atoms with Gasteiger partial charge in [0, 0.05) is 12.1 Å². The molecule has 0 heterocycles. The lowest BCUT2D eigenvalue weighted by atomic mass is 10.1. The number of aliphatic hydroxyl groups excluding tert-OH is 1. The molecule has 0 aliphatic rings. The molecule has 3 nitrogen and oxygen atoms in total. The zero-order valence-corrected chi connectivity index (χ0v) is 11.9. The Bertz CT molecular complexity index is 356. The predicted molar refractivity (Wildman–Crippen MR) is 73.3 cm³/mol. The molecule has 0 saturated heterocycles. The number of halogens is 2. The van der Waals surface area contributed by atoms with Crippen LogP contribution in [0.2, 0.25) is 5.02 Å². The van der Waals surface area contributed by atoms with E-state index in [0.29, 0.717) is 17.3 Å². The van der Waals surface area contributed by atoms with Gasteiger partial charge in [0.05, 0.1) is 18.7 Å². The molecule has 0 atom stereocenters. The Morgan fingerprint density at radius 1 is 1.41 bits per heavy atom. The van der Waals surface area contributed by atoms with Crippen molar-refractivity contribution >= 4 is 24.0 Å². The Morgan fingerprint density at radius 3 is 2.53 bits per heavy atom. The first-order valence-electron chi connectivity index (χ1n) is 5.17. The number of ether oxygens (including phenoxy) is 1.